The summed E-state index contributed by atoms with van der Waals surface area (Å²) in [6, 6.07) is 14.9. The number of rotatable bonds is 5. The first-order chi connectivity index (χ1) is 11.5. The number of aromatic nitrogens is 1. The van der Waals surface area contributed by atoms with Crippen molar-refractivity contribution in [1.29, 1.82) is 0 Å². The number of ether oxygens (including phenoxy) is 1. The van der Waals surface area contributed by atoms with Crippen LogP contribution in [0.25, 0.3) is 10.6 Å². The Bertz CT molecular complexity index is 857. The number of hydrogen-bond donors (Lipinski definition) is 1. The molecular weight excluding hydrogens is 346 g/mol. The number of carbonyl (C=O) groups is 1. The Morgan fingerprint density at radius 3 is 2.42 bits per heavy atom. The summed E-state index contributed by atoms with van der Waals surface area (Å²) in [4.78, 5) is 15.7. The number of aryl methyl sites for hydroxylation is 1. The van der Waals surface area contributed by atoms with E-state index in [-0.39, 0.29) is 4.88 Å². The summed E-state index contributed by atoms with van der Waals surface area (Å²) in [5, 5.41) is 10.5. The second-order valence-electron chi connectivity index (χ2n) is 5.18. The molecule has 0 aliphatic heterocycles. The summed E-state index contributed by atoms with van der Waals surface area (Å²) in [5.41, 5.74) is 2.45. The van der Waals surface area contributed by atoms with Gasteiger partial charge >= 0.3 is 5.97 Å². The maximum Gasteiger partial charge on any atom is 0.347 e. The van der Waals surface area contributed by atoms with Crippen molar-refractivity contribution >= 4 is 28.9 Å². The number of hydrogen-bond acceptors (Lipinski definition) is 4. The highest BCUT2D eigenvalue weighted by molar-refractivity contribution is 7.17. The summed E-state index contributed by atoms with van der Waals surface area (Å²) in [6.45, 7) is 2.15. The van der Waals surface area contributed by atoms with Crippen LogP contribution in [0.2, 0.25) is 5.02 Å². The van der Waals surface area contributed by atoms with Crippen molar-refractivity contribution in [3.05, 3.63) is 69.7 Å². The second kappa shape index (κ2) is 7.03. The van der Waals surface area contributed by atoms with Crippen LogP contribution in [0.4, 0.5) is 0 Å². The fourth-order valence-electron chi connectivity index (χ4n) is 2.16. The monoisotopic (exact) mass is 359 g/mol. The molecule has 1 heterocycles. The van der Waals surface area contributed by atoms with Crippen molar-refractivity contribution in [3.63, 3.8) is 0 Å². The van der Waals surface area contributed by atoms with E-state index in [1.807, 2.05) is 36.4 Å². The van der Waals surface area contributed by atoms with E-state index in [0.29, 0.717) is 22.3 Å². The van der Waals surface area contributed by atoms with Crippen molar-refractivity contribution in [3.8, 4) is 16.3 Å². The fourth-order valence-corrected chi connectivity index (χ4v) is 3.20. The maximum absolute atomic E-state index is 11.1. The van der Waals surface area contributed by atoms with Crippen LogP contribution in [-0.4, -0.2) is 16.1 Å². The van der Waals surface area contributed by atoms with Crippen LogP contribution in [0.1, 0.15) is 20.9 Å². The Balaban J connectivity index is 1.70. The largest absolute Gasteiger partial charge is 0.489 e. The van der Waals surface area contributed by atoms with Gasteiger partial charge in [-0.3, -0.25) is 0 Å². The van der Waals surface area contributed by atoms with Crippen LogP contribution in [0.15, 0.2) is 48.5 Å². The average Bonchev–Trinajstić information content (AvgIpc) is 2.97. The maximum atomic E-state index is 11.1. The van der Waals surface area contributed by atoms with Crippen LogP contribution >= 0.6 is 22.9 Å². The lowest BCUT2D eigenvalue weighted by molar-refractivity contribution is 0.0701. The molecule has 6 heteroatoms. The molecule has 0 amide bonds. The highest BCUT2D eigenvalue weighted by Gasteiger charge is 2.14. The topological polar surface area (TPSA) is 59.4 Å². The molecule has 0 bridgehead atoms. The Morgan fingerprint density at radius 2 is 1.83 bits per heavy atom. The molecule has 0 fully saturated rings. The van der Waals surface area contributed by atoms with E-state index in [0.717, 1.165) is 16.9 Å². The molecule has 0 aliphatic rings. The van der Waals surface area contributed by atoms with E-state index >= 15 is 0 Å². The van der Waals surface area contributed by atoms with Crippen molar-refractivity contribution < 1.29 is 14.6 Å². The van der Waals surface area contributed by atoms with Crippen molar-refractivity contribution in [1.82, 2.24) is 4.98 Å². The van der Waals surface area contributed by atoms with Crippen molar-refractivity contribution in [2.45, 2.75) is 13.5 Å². The molecule has 24 heavy (non-hydrogen) atoms. The fraction of sp³-hybridized carbons (Fsp3) is 0.111. The summed E-state index contributed by atoms with van der Waals surface area (Å²) < 4.78 is 5.70. The van der Waals surface area contributed by atoms with Gasteiger partial charge in [0.2, 0.25) is 0 Å². The molecule has 3 aromatic rings. The second-order valence-corrected chi connectivity index (χ2v) is 6.61. The predicted molar refractivity (Wildman–Crippen MR) is 95.0 cm³/mol. The number of halogens is 1. The lowest BCUT2D eigenvalue weighted by Gasteiger charge is -2.06. The van der Waals surface area contributed by atoms with Gasteiger partial charge in [0, 0.05) is 10.6 Å². The van der Waals surface area contributed by atoms with E-state index in [1.165, 1.54) is 11.3 Å². The Kier molecular flexibility index (Phi) is 4.83. The molecule has 4 nitrogen and oxygen atoms in total. The SMILES string of the molecule is Cc1nc(-c2ccc(COc3ccc(Cl)cc3)cc2)sc1C(=O)O. The number of thiazole rings is 1. The first-order valence-corrected chi connectivity index (χ1v) is 8.41. The minimum Gasteiger partial charge on any atom is -0.489 e. The normalized spacial score (nSPS) is 10.6. The van der Waals surface area contributed by atoms with E-state index in [4.69, 9.17) is 21.4 Å². The molecular formula is C18H14ClNO3S. The third-order valence-corrected chi connectivity index (χ3v) is 4.86. The molecule has 2 aromatic carbocycles. The number of carboxylic acids is 1. The Hall–Kier alpha value is -2.37. The van der Waals surface area contributed by atoms with Gasteiger partial charge in [0.25, 0.3) is 0 Å². The zero-order chi connectivity index (χ0) is 17.1. The first kappa shape index (κ1) is 16.5. The zero-order valence-electron chi connectivity index (χ0n) is 12.8. The van der Waals surface area contributed by atoms with Crippen LogP contribution in [0, 0.1) is 6.92 Å². The molecule has 122 valence electrons. The van der Waals surface area contributed by atoms with Gasteiger partial charge in [0.05, 0.1) is 5.69 Å². The number of nitrogens with zero attached hydrogens (tertiary/aromatic N) is 1. The smallest absolute Gasteiger partial charge is 0.347 e. The van der Waals surface area contributed by atoms with E-state index in [9.17, 15) is 4.79 Å². The van der Waals surface area contributed by atoms with E-state index in [2.05, 4.69) is 4.98 Å². The molecule has 1 N–H and O–H groups in total. The number of benzene rings is 2. The molecule has 1 aromatic heterocycles. The van der Waals surface area contributed by atoms with Gasteiger partial charge in [-0.15, -0.1) is 11.3 Å². The van der Waals surface area contributed by atoms with Gasteiger partial charge < -0.3 is 9.84 Å². The summed E-state index contributed by atoms with van der Waals surface area (Å²) in [5.74, 6) is -0.186. The zero-order valence-corrected chi connectivity index (χ0v) is 14.4. The molecule has 0 spiro atoms. The molecule has 0 saturated heterocycles. The average molecular weight is 360 g/mol. The van der Waals surface area contributed by atoms with Crippen LogP contribution in [0.5, 0.6) is 5.75 Å². The lowest BCUT2D eigenvalue weighted by atomic mass is 10.1. The van der Waals surface area contributed by atoms with Crippen LogP contribution in [0.3, 0.4) is 0 Å². The van der Waals surface area contributed by atoms with E-state index in [1.54, 1.807) is 19.1 Å². The van der Waals surface area contributed by atoms with Crippen LogP contribution < -0.4 is 4.74 Å². The Morgan fingerprint density at radius 1 is 1.17 bits per heavy atom. The minimum atomic E-state index is -0.941. The number of aromatic carboxylic acids is 1. The molecule has 0 aliphatic carbocycles. The Labute approximate surface area is 148 Å². The lowest BCUT2D eigenvalue weighted by Crippen LogP contribution is -1.95. The highest BCUT2D eigenvalue weighted by atomic mass is 35.5. The van der Waals surface area contributed by atoms with Gasteiger partial charge in [-0.1, -0.05) is 35.9 Å². The standard InChI is InChI=1S/C18H14ClNO3S/c1-11-16(18(21)22)24-17(20-11)13-4-2-12(3-5-13)10-23-15-8-6-14(19)7-9-15/h2-9H,10H2,1H3,(H,21,22). The summed E-state index contributed by atoms with van der Waals surface area (Å²) in [6.07, 6.45) is 0. The van der Waals surface area contributed by atoms with Gasteiger partial charge in [-0.2, -0.15) is 0 Å². The van der Waals surface area contributed by atoms with Gasteiger partial charge in [0.15, 0.2) is 0 Å². The van der Waals surface area contributed by atoms with Gasteiger partial charge in [-0.05, 0) is 36.8 Å². The van der Waals surface area contributed by atoms with Gasteiger partial charge in [-0.25, -0.2) is 9.78 Å². The summed E-state index contributed by atoms with van der Waals surface area (Å²) >= 11 is 7.02. The van der Waals surface area contributed by atoms with Crippen molar-refractivity contribution in [2.75, 3.05) is 0 Å². The predicted octanol–water partition coefficient (Wildman–Crippen LogP) is 5.05. The summed E-state index contributed by atoms with van der Waals surface area (Å²) in [7, 11) is 0. The first-order valence-electron chi connectivity index (χ1n) is 7.21. The molecule has 0 unspecified atom stereocenters. The molecule has 3 rings (SSSR count). The number of carboxylic acid groups (broad SMARTS) is 1. The molecule has 0 saturated carbocycles. The minimum absolute atomic E-state index is 0.278. The molecule has 0 atom stereocenters. The van der Waals surface area contributed by atoms with Crippen molar-refractivity contribution in [2.24, 2.45) is 0 Å². The highest BCUT2D eigenvalue weighted by Crippen LogP contribution is 2.28. The van der Waals surface area contributed by atoms with E-state index < -0.39 is 5.97 Å². The third-order valence-electron chi connectivity index (χ3n) is 3.41. The van der Waals surface area contributed by atoms with Crippen LogP contribution in [-0.2, 0) is 6.61 Å². The third kappa shape index (κ3) is 3.75. The quantitative estimate of drug-likeness (QED) is 0.692. The van der Waals surface area contributed by atoms with Gasteiger partial charge in [0.1, 0.15) is 22.2 Å². The molecule has 0 radical (unpaired) electrons.